The van der Waals surface area contributed by atoms with Crippen molar-refractivity contribution in [2.24, 2.45) is 5.84 Å². The van der Waals surface area contributed by atoms with Gasteiger partial charge in [-0.3, -0.25) is 5.84 Å². The molecule has 0 aliphatic rings. The van der Waals surface area contributed by atoms with Gasteiger partial charge in [0.05, 0.1) is 6.04 Å². The van der Waals surface area contributed by atoms with Gasteiger partial charge in [-0.25, -0.2) is 5.43 Å². The summed E-state index contributed by atoms with van der Waals surface area (Å²) in [5.74, 6) is 5.83. The molecule has 0 aliphatic heterocycles. The topological polar surface area (TPSA) is 38.0 Å². The highest BCUT2D eigenvalue weighted by molar-refractivity contribution is 5.39. The summed E-state index contributed by atoms with van der Waals surface area (Å²) in [6, 6.07) is 17.3. The molecule has 1 atom stereocenters. The quantitative estimate of drug-likeness (QED) is 0.654. The van der Waals surface area contributed by atoms with E-state index in [1.54, 1.807) is 0 Å². The van der Waals surface area contributed by atoms with E-state index in [0.717, 1.165) is 6.42 Å². The summed E-state index contributed by atoms with van der Waals surface area (Å²) in [7, 11) is 0. The van der Waals surface area contributed by atoms with E-state index >= 15 is 0 Å². The molecule has 0 aliphatic carbocycles. The van der Waals surface area contributed by atoms with Crippen molar-refractivity contribution in [1.82, 2.24) is 5.43 Å². The summed E-state index contributed by atoms with van der Waals surface area (Å²) >= 11 is 0. The molecule has 0 saturated heterocycles. The highest BCUT2D eigenvalue weighted by atomic mass is 15.2. The molecule has 21 heavy (non-hydrogen) atoms. The van der Waals surface area contributed by atoms with Gasteiger partial charge in [0, 0.05) is 0 Å². The Morgan fingerprint density at radius 2 is 1.62 bits per heavy atom. The van der Waals surface area contributed by atoms with Gasteiger partial charge >= 0.3 is 0 Å². The Bertz CT molecular complexity index is 579. The van der Waals surface area contributed by atoms with Crippen LogP contribution < -0.4 is 11.3 Å². The maximum absolute atomic E-state index is 5.83. The van der Waals surface area contributed by atoms with Crippen LogP contribution in [0, 0.1) is 0 Å². The van der Waals surface area contributed by atoms with Gasteiger partial charge in [-0.1, -0.05) is 76.2 Å². The van der Waals surface area contributed by atoms with Crippen LogP contribution in [0.5, 0.6) is 0 Å². The van der Waals surface area contributed by atoms with Crippen molar-refractivity contribution in [2.45, 2.75) is 45.6 Å². The SMILES string of the molecule is CCc1ccccc1C(NN)c1ccc(C(C)(C)C)cc1. The van der Waals surface area contributed by atoms with Gasteiger partial charge in [0.2, 0.25) is 0 Å². The second kappa shape index (κ2) is 6.42. The standard InChI is InChI=1S/C19H26N2/c1-5-14-8-6-7-9-17(14)18(21-20)15-10-12-16(13-11-15)19(2,3)4/h6-13,18,21H,5,20H2,1-4H3. The fourth-order valence-electron chi connectivity index (χ4n) is 2.68. The second-order valence-corrected chi connectivity index (χ2v) is 6.52. The Hall–Kier alpha value is -1.64. The first-order chi connectivity index (χ1) is 9.97. The van der Waals surface area contributed by atoms with Crippen molar-refractivity contribution < 1.29 is 0 Å². The summed E-state index contributed by atoms with van der Waals surface area (Å²) in [4.78, 5) is 0. The van der Waals surface area contributed by atoms with Gasteiger partial charge in [0.1, 0.15) is 0 Å². The normalized spacial score (nSPS) is 13.2. The van der Waals surface area contributed by atoms with Crippen LogP contribution in [0.4, 0.5) is 0 Å². The van der Waals surface area contributed by atoms with Crippen molar-refractivity contribution in [3.63, 3.8) is 0 Å². The maximum Gasteiger partial charge on any atom is 0.0712 e. The van der Waals surface area contributed by atoms with Crippen LogP contribution in [0.1, 0.15) is 56.0 Å². The van der Waals surface area contributed by atoms with Gasteiger partial charge in [-0.05, 0) is 34.1 Å². The van der Waals surface area contributed by atoms with Gasteiger partial charge in [-0.15, -0.1) is 0 Å². The van der Waals surface area contributed by atoms with Gasteiger partial charge in [0.15, 0.2) is 0 Å². The van der Waals surface area contributed by atoms with E-state index in [0.29, 0.717) is 0 Å². The smallest absolute Gasteiger partial charge is 0.0712 e. The molecule has 2 aromatic carbocycles. The Kier molecular flexibility index (Phi) is 4.81. The Balaban J connectivity index is 2.38. The average molecular weight is 282 g/mol. The highest BCUT2D eigenvalue weighted by Gasteiger charge is 2.17. The van der Waals surface area contributed by atoms with E-state index < -0.39 is 0 Å². The van der Waals surface area contributed by atoms with E-state index in [2.05, 4.69) is 81.7 Å². The number of benzene rings is 2. The zero-order chi connectivity index (χ0) is 15.5. The van der Waals surface area contributed by atoms with Gasteiger partial charge in [0.25, 0.3) is 0 Å². The summed E-state index contributed by atoms with van der Waals surface area (Å²) in [6.07, 6.45) is 1.01. The summed E-state index contributed by atoms with van der Waals surface area (Å²) in [5.41, 5.74) is 8.27. The molecule has 2 heteroatoms. The first-order valence-corrected chi connectivity index (χ1v) is 7.61. The molecule has 0 radical (unpaired) electrons. The Labute approximate surface area is 128 Å². The third-order valence-electron chi connectivity index (χ3n) is 4.02. The number of hydrogen-bond acceptors (Lipinski definition) is 2. The van der Waals surface area contributed by atoms with Crippen molar-refractivity contribution in [3.8, 4) is 0 Å². The van der Waals surface area contributed by atoms with E-state index in [-0.39, 0.29) is 11.5 Å². The third-order valence-corrected chi connectivity index (χ3v) is 4.02. The molecule has 0 saturated carbocycles. The molecule has 0 heterocycles. The van der Waals surface area contributed by atoms with Crippen molar-refractivity contribution in [1.29, 1.82) is 0 Å². The fraction of sp³-hybridized carbons (Fsp3) is 0.368. The lowest BCUT2D eigenvalue weighted by Crippen LogP contribution is -2.29. The maximum atomic E-state index is 5.83. The monoisotopic (exact) mass is 282 g/mol. The molecular formula is C19H26N2. The third kappa shape index (κ3) is 3.52. The molecule has 0 bridgehead atoms. The molecule has 1 unspecified atom stereocenters. The first kappa shape index (κ1) is 15.7. The number of rotatable bonds is 4. The molecular weight excluding hydrogens is 256 g/mol. The molecule has 3 N–H and O–H groups in total. The molecule has 2 aromatic rings. The van der Waals surface area contributed by atoms with Crippen LogP contribution in [0.2, 0.25) is 0 Å². The largest absolute Gasteiger partial charge is 0.271 e. The van der Waals surface area contributed by atoms with Gasteiger partial charge < -0.3 is 0 Å². The fourth-order valence-corrected chi connectivity index (χ4v) is 2.68. The summed E-state index contributed by atoms with van der Waals surface area (Å²) in [5, 5.41) is 0. The Morgan fingerprint density at radius 1 is 1.00 bits per heavy atom. The van der Waals surface area contributed by atoms with E-state index in [1.807, 2.05) is 0 Å². The molecule has 2 nitrogen and oxygen atoms in total. The molecule has 0 fully saturated rings. The lowest BCUT2D eigenvalue weighted by molar-refractivity contribution is 0.587. The summed E-state index contributed by atoms with van der Waals surface area (Å²) < 4.78 is 0. The Morgan fingerprint density at radius 3 is 2.14 bits per heavy atom. The van der Waals surface area contributed by atoms with Gasteiger partial charge in [-0.2, -0.15) is 0 Å². The van der Waals surface area contributed by atoms with Crippen LogP contribution in [-0.2, 0) is 11.8 Å². The van der Waals surface area contributed by atoms with Crippen LogP contribution in [-0.4, -0.2) is 0 Å². The number of aryl methyl sites for hydroxylation is 1. The minimum absolute atomic E-state index is 0.0372. The zero-order valence-corrected chi connectivity index (χ0v) is 13.5. The highest BCUT2D eigenvalue weighted by Crippen LogP contribution is 2.28. The number of nitrogens with two attached hydrogens (primary N) is 1. The number of hydrogen-bond donors (Lipinski definition) is 2. The lowest BCUT2D eigenvalue weighted by Gasteiger charge is -2.23. The predicted molar refractivity (Wildman–Crippen MR) is 90.1 cm³/mol. The molecule has 2 rings (SSSR count). The molecule has 0 aromatic heterocycles. The minimum Gasteiger partial charge on any atom is -0.271 e. The zero-order valence-electron chi connectivity index (χ0n) is 13.5. The number of hydrazine groups is 1. The first-order valence-electron chi connectivity index (χ1n) is 7.61. The van der Waals surface area contributed by atoms with Crippen molar-refractivity contribution >= 4 is 0 Å². The van der Waals surface area contributed by atoms with Crippen LogP contribution in [0.25, 0.3) is 0 Å². The average Bonchev–Trinajstić information content (AvgIpc) is 2.48. The van der Waals surface area contributed by atoms with Crippen molar-refractivity contribution in [3.05, 3.63) is 70.8 Å². The molecule has 0 spiro atoms. The second-order valence-electron chi connectivity index (χ2n) is 6.52. The molecule has 0 amide bonds. The van der Waals surface area contributed by atoms with E-state index in [9.17, 15) is 0 Å². The van der Waals surface area contributed by atoms with Crippen molar-refractivity contribution in [2.75, 3.05) is 0 Å². The van der Waals surface area contributed by atoms with E-state index in [1.165, 1.54) is 22.3 Å². The van der Waals surface area contributed by atoms with Crippen LogP contribution in [0.15, 0.2) is 48.5 Å². The number of nitrogens with one attached hydrogen (secondary N) is 1. The molecule has 112 valence electrons. The lowest BCUT2D eigenvalue weighted by atomic mass is 9.85. The predicted octanol–water partition coefficient (Wildman–Crippen LogP) is 4.10. The van der Waals surface area contributed by atoms with Crippen LogP contribution in [0.3, 0.4) is 0 Å². The van der Waals surface area contributed by atoms with E-state index in [4.69, 9.17) is 5.84 Å². The minimum atomic E-state index is 0.0372. The van der Waals surface area contributed by atoms with Crippen LogP contribution >= 0.6 is 0 Å². The summed E-state index contributed by atoms with van der Waals surface area (Å²) in [6.45, 7) is 8.86.